The molecule has 0 fully saturated rings. The van der Waals surface area contributed by atoms with Gasteiger partial charge in [0.1, 0.15) is 5.69 Å². The minimum Gasteiger partial charge on any atom is -0.395 e. The molecule has 6 heteroatoms. The molecule has 0 aliphatic carbocycles. The predicted octanol–water partition coefficient (Wildman–Crippen LogP) is -0.765. The van der Waals surface area contributed by atoms with Gasteiger partial charge in [0.25, 0.3) is 11.5 Å². The summed E-state index contributed by atoms with van der Waals surface area (Å²) in [5, 5.41) is 12.6. The van der Waals surface area contributed by atoms with E-state index in [4.69, 9.17) is 5.11 Å². The summed E-state index contributed by atoms with van der Waals surface area (Å²) < 4.78 is 1.11. The van der Waals surface area contributed by atoms with Crippen molar-refractivity contribution in [1.82, 2.24) is 14.7 Å². The smallest absolute Gasteiger partial charge is 0.274 e. The topological polar surface area (TPSA) is 75.4 Å². The van der Waals surface area contributed by atoms with Crippen LogP contribution in [0.1, 0.15) is 17.4 Å². The van der Waals surface area contributed by atoms with Gasteiger partial charge in [0.15, 0.2) is 0 Å². The standard InChI is InChI=1S/C10H15N3O3/c1-3-13(6-7-14)10(16)8-4-5-9(15)12(2)11-8/h4-5,14H,3,6-7H2,1-2H3. The molecule has 0 unspecified atom stereocenters. The summed E-state index contributed by atoms with van der Waals surface area (Å²) >= 11 is 0. The van der Waals surface area contributed by atoms with Crippen molar-refractivity contribution in [2.75, 3.05) is 19.7 Å². The molecule has 0 aliphatic rings. The fraction of sp³-hybridized carbons (Fsp3) is 0.500. The van der Waals surface area contributed by atoms with Gasteiger partial charge in [-0.25, -0.2) is 4.68 Å². The molecule has 1 N–H and O–H groups in total. The van der Waals surface area contributed by atoms with Crippen LogP contribution in [-0.4, -0.2) is 45.4 Å². The Morgan fingerprint density at radius 2 is 2.25 bits per heavy atom. The Labute approximate surface area is 93.1 Å². The molecule has 0 radical (unpaired) electrons. The molecule has 16 heavy (non-hydrogen) atoms. The molecular formula is C10H15N3O3. The van der Waals surface area contributed by atoms with Gasteiger partial charge in [-0.1, -0.05) is 0 Å². The molecule has 0 atom stereocenters. The Balaban J connectivity index is 2.94. The minimum atomic E-state index is -0.285. The molecule has 1 aromatic heterocycles. The summed E-state index contributed by atoms with van der Waals surface area (Å²) in [5.41, 5.74) is -0.0563. The van der Waals surface area contributed by atoms with Crippen LogP contribution in [0.3, 0.4) is 0 Å². The molecule has 0 spiro atoms. The highest BCUT2D eigenvalue weighted by molar-refractivity contribution is 5.92. The second-order valence-corrected chi connectivity index (χ2v) is 3.29. The van der Waals surface area contributed by atoms with Crippen LogP contribution in [0.15, 0.2) is 16.9 Å². The van der Waals surface area contributed by atoms with E-state index in [1.807, 2.05) is 6.92 Å². The number of aromatic nitrogens is 2. The van der Waals surface area contributed by atoms with E-state index in [1.165, 1.54) is 24.1 Å². The quantitative estimate of drug-likeness (QED) is 0.730. The normalized spacial score (nSPS) is 10.2. The average molecular weight is 225 g/mol. The summed E-state index contributed by atoms with van der Waals surface area (Å²) in [5.74, 6) is -0.285. The van der Waals surface area contributed by atoms with Crippen LogP contribution in [0.25, 0.3) is 0 Å². The fourth-order valence-electron chi connectivity index (χ4n) is 1.30. The predicted molar refractivity (Wildman–Crippen MR) is 58.1 cm³/mol. The lowest BCUT2D eigenvalue weighted by atomic mass is 10.3. The first-order valence-corrected chi connectivity index (χ1v) is 5.04. The van der Waals surface area contributed by atoms with E-state index in [9.17, 15) is 9.59 Å². The van der Waals surface area contributed by atoms with Crippen molar-refractivity contribution >= 4 is 5.91 Å². The van der Waals surface area contributed by atoms with Crippen LogP contribution in [-0.2, 0) is 7.05 Å². The molecule has 88 valence electrons. The summed E-state index contributed by atoms with van der Waals surface area (Å²) in [7, 11) is 1.49. The number of amides is 1. The second kappa shape index (κ2) is 5.41. The summed E-state index contributed by atoms with van der Waals surface area (Å²) in [6, 6.07) is 2.69. The Bertz CT molecular complexity index is 428. The van der Waals surface area contributed by atoms with E-state index in [-0.39, 0.29) is 30.3 Å². The summed E-state index contributed by atoms with van der Waals surface area (Å²) in [6.07, 6.45) is 0. The Morgan fingerprint density at radius 3 is 2.75 bits per heavy atom. The van der Waals surface area contributed by atoms with Crippen LogP contribution < -0.4 is 5.56 Å². The second-order valence-electron chi connectivity index (χ2n) is 3.29. The molecule has 1 heterocycles. The fourth-order valence-corrected chi connectivity index (χ4v) is 1.30. The number of hydrogen-bond donors (Lipinski definition) is 1. The lowest BCUT2D eigenvalue weighted by molar-refractivity contribution is 0.0723. The first-order valence-electron chi connectivity index (χ1n) is 5.04. The number of aryl methyl sites for hydroxylation is 1. The van der Waals surface area contributed by atoms with E-state index >= 15 is 0 Å². The number of rotatable bonds is 4. The van der Waals surface area contributed by atoms with Crippen molar-refractivity contribution in [2.24, 2.45) is 7.05 Å². The van der Waals surface area contributed by atoms with Crippen LogP contribution in [0.2, 0.25) is 0 Å². The van der Waals surface area contributed by atoms with E-state index in [0.29, 0.717) is 6.54 Å². The molecule has 0 bridgehead atoms. The van der Waals surface area contributed by atoms with E-state index in [0.717, 1.165) is 4.68 Å². The Hall–Kier alpha value is -1.69. The third-order valence-electron chi connectivity index (χ3n) is 2.22. The largest absolute Gasteiger partial charge is 0.395 e. The van der Waals surface area contributed by atoms with Crippen molar-refractivity contribution in [3.05, 3.63) is 28.2 Å². The number of carbonyl (C=O) groups is 1. The summed E-state index contributed by atoms with van der Waals surface area (Å²) in [4.78, 5) is 24.4. The molecule has 6 nitrogen and oxygen atoms in total. The molecule has 1 amide bonds. The van der Waals surface area contributed by atoms with E-state index in [2.05, 4.69) is 5.10 Å². The van der Waals surface area contributed by atoms with Crippen LogP contribution in [0.4, 0.5) is 0 Å². The van der Waals surface area contributed by atoms with Gasteiger partial charge in [-0.2, -0.15) is 5.10 Å². The van der Waals surface area contributed by atoms with E-state index < -0.39 is 0 Å². The van der Waals surface area contributed by atoms with Crippen molar-refractivity contribution < 1.29 is 9.90 Å². The molecular weight excluding hydrogens is 210 g/mol. The van der Waals surface area contributed by atoms with Crippen LogP contribution in [0, 0.1) is 0 Å². The first-order chi connectivity index (χ1) is 7.60. The lowest BCUT2D eigenvalue weighted by Gasteiger charge is -2.18. The van der Waals surface area contributed by atoms with Gasteiger partial charge in [-0.3, -0.25) is 9.59 Å². The SMILES string of the molecule is CCN(CCO)C(=O)c1ccc(=O)n(C)n1. The molecule has 0 aromatic carbocycles. The molecule has 0 saturated heterocycles. The van der Waals surface area contributed by atoms with Gasteiger partial charge in [-0.05, 0) is 13.0 Å². The molecule has 0 saturated carbocycles. The third kappa shape index (κ3) is 2.66. The van der Waals surface area contributed by atoms with Crippen molar-refractivity contribution in [2.45, 2.75) is 6.92 Å². The number of aliphatic hydroxyl groups is 1. The Kier molecular flexibility index (Phi) is 4.19. The van der Waals surface area contributed by atoms with E-state index in [1.54, 1.807) is 0 Å². The first kappa shape index (κ1) is 12.4. The van der Waals surface area contributed by atoms with Crippen LogP contribution >= 0.6 is 0 Å². The molecule has 1 rings (SSSR count). The van der Waals surface area contributed by atoms with Crippen molar-refractivity contribution in [3.8, 4) is 0 Å². The molecule has 0 aliphatic heterocycles. The van der Waals surface area contributed by atoms with Gasteiger partial charge in [0.2, 0.25) is 0 Å². The average Bonchev–Trinajstić information content (AvgIpc) is 2.28. The van der Waals surface area contributed by atoms with Crippen molar-refractivity contribution in [3.63, 3.8) is 0 Å². The Morgan fingerprint density at radius 1 is 1.56 bits per heavy atom. The highest BCUT2D eigenvalue weighted by Crippen LogP contribution is 1.99. The monoisotopic (exact) mass is 225 g/mol. The van der Waals surface area contributed by atoms with Gasteiger partial charge in [0.05, 0.1) is 6.61 Å². The highest BCUT2D eigenvalue weighted by atomic mass is 16.3. The zero-order valence-electron chi connectivity index (χ0n) is 9.38. The van der Waals surface area contributed by atoms with Crippen molar-refractivity contribution in [1.29, 1.82) is 0 Å². The van der Waals surface area contributed by atoms with Crippen LogP contribution in [0.5, 0.6) is 0 Å². The highest BCUT2D eigenvalue weighted by Gasteiger charge is 2.15. The third-order valence-corrected chi connectivity index (χ3v) is 2.22. The van der Waals surface area contributed by atoms with Gasteiger partial charge in [-0.15, -0.1) is 0 Å². The minimum absolute atomic E-state index is 0.0919. The number of hydrogen-bond acceptors (Lipinski definition) is 4. The van der Waals surface area contributed by atoms with Gasteiger partial charge < -0.3 is 10.0 Å². The maximum Gasteiger partial charge on any atom is 0.274 e. The number of carbonyl (C=O) groups excluding carboxylic acids is 1. The lowest BCUT2D eigenvalue weighted by Crippen LogP contribution is -2.35. The van der Waals surface area contributed by atoms with Gasteiger partial charge in [0, 0.05) is 26.2 Å². The number of aliphatic hydroxyl groups excluding tert-OH is 1. The number of likely N-dealkylation sites (N-methyl/N-ethyl adjacent to an activating group) is 1. The molecule has 1 aromatic rings. The maximum atomic E-state index is 11.9. The summed E-state index contributed by atoms with van der Waals surface area (Å²) in [6.45, 7) is 2.48. The van der Waals surface area contributed by atoms with Gasteiger partial charge >= 0.3 is 0 Å². The zero-order chi connectivity index (χ0) is 12.1. The number of nitrogens with zero attached hydrogens (tertiary/aromatic N) is 3. The maximum absolute atomic E-state index is 11.9. The zero-order valence-corrected chi connectivity index (χ0v) is 9.38.